The van der Waals surface area contributed by atoms with Gasteiger partial charge in [0.15, 0.2) is 11.5 Å². The fourth-order valence-corrected chi connectivity index (χ4v) is 3.01. The van der Waals surface area contributed by atoms with E-state index < -0.39 is 11.7 Å². The van der Waals surface area contributed by atoms with Crippen LogP contribution in [-0.2, 0) is 6.54 Å². The molecule has 0 aliphatic carbocycles. The zero-order valence-corrected chi connectivity index (χ0v) is 16.8. The van der Waals surface area contributed by atoms with Crippen LogP contribution in [0.5, 0.6) is 5.75 Å². The zero-order valence-electron chi connectivity index (χ0n) is 16.8. The lowest BCUT2D eigenvalue weighted by atomic mass is 10.2. The molecule has 0 saturated carbocycles. The molecule has 3 N–H and O–H groups in total. The number of amides is 1. The molecular formula is C21H19FN6O3. The van der Waals surface area contributed by atoms with Crippen LogP contribution >= 0.6 is 0 Å². The van der Waals surface area contributed by atoms with Gasteiger partial charge in [0.1, 0.15) is 23.0 Å². The Labute approximate surface area is 176 Å². The van der Waals surface area contributed by atoms with Crippen LogP contribution in [0.25, 0.3) is 11.5 Å². The molecule has 0 bridgehead atoms. The number of nitrogen functional groups attached to an aromatic ring is 1. The largest absolute Gasteiger partial charge is 0.496 e. The van der Waals surface area contributed by atoms with Crippen molar-refractivity contribution in [2.24, 2.45) is 0 Å². The second-order valence-corrected chi connectivity index (χ2v) is 6.67. The number of carbonyl (C=O) groups excluding carboxylic acids is 1. The highest BCUT2D eigenvalue weighted by molar-refractivity contribution is 6.05. The van der Waals surface area contributed by atoms with Gasteiger partial charge in [-0.25, -0.2) is 14.1 Å². The third-order valence-corrected chi connectivity index (χ3v) is 4.60. The number of nitrogens with two attached hydrogens (primary N) is 1. The number of carbonyl (C=O) groups is 1. The predicted octanol–water partition coefficient (Wildman–Crippen LogP) is 3.27. The monoisotopic (exact) mass is 422 g/mol. The van der Waals surface area contributed by atoms with Gasteiger partial charge < -0.3 is 20.2 Å². The molecule has 2 aromatic carbocycles. The van der Waals surface area contributed by atoms with Gasteiger partial charge in [0, 0.05) is 5.69 Å². The quantitative estimate of drug-likeness (QED) is 0.489. The van der Waals surface area contributed by atoms with Gasteiger partial charge >= 0.3 is 0 Å². The highest BCUT2D eigenvalue weighted by Crippen LogP contribution is 2.30. The molecule has 0 aliphatic rings. The van der Waals surface area contributed by atoms with E-state index in [1.165, 1.54) is 22.9 Å². The maximum atomic E-state index is 13.3. The second kappa shape index (κ2) is 8.27. The number of nitrogens with one attached hydrogen (secondary N) is 1. The number of methoxy groups -OCH3 is 1. The zero-order chi connectivity index (χ0) is 22.0. The average Bonchev–Trinajstić information content (AvgIpc) is 3.31. The Morgan fingerprint density at radius 2 is 2.06 bits per heavy atom. The summed E-state index contributed by atoms with van der Waals surface area (Å²) in [6.45, 7) is 1.92. The van der Waals surface area contributed by atoms with Crippen LogP contribution in [0.3, 0.4) is 0 Å². The summed E-state index contributed by atoms with van der Waals surface area (Å²) in [5.41, 5.74) is 7.57. The first-order valence-electron chi connectivity index (χ1n) is 9.32. The number of rotatable bonds is 6. The van der Waals surface area contributed by atoms with Gasteiger partial charge in [-0.3, -0.25) is 4.79 Å². The van der Waals surface area contributed by atoms with Crippen LogP contribution in [0, 0.1) is 12.7 Å². The molecule has 0 spiro atoms. The summed E-state index contributed by atoms with van der Waals surface area (Å²) in [7, 11) is 1.57. The van der Waals surface area contributed by atoms with Crippen molar-refractivity contribution in [1.29, 1.82) is 0 Å². The lowest BCUT2D eigenvalue weighted by Crippen LogP contribution is -2.15. The minimum Gasteiger partial charge on any atom is -0.496 e. The smallest absolute Gasteiger partial charge is 0.280 e. The predicted molar refractivity (Wildman–Crippen MR) is 111 cm³/mol. The van der Waals surface area contributed by atoms with Crippen molar-refractivity contribution >= 4 is 17.4 Å². The fourth-order valence-electron chi connectivity index (χ4n) is 3.01. The molecule has 0 unspecified atom stereocenters. The summed E-state index contributed by atoms with van der Waals surface area (Å²) < 4.78 is 25.8. The Morgan fingerprint density at radius 1 is 1.26 bits per heavy atom. The van der Waals surface area contributed by atoms with Crippen LogP contribution in [0.2, 0.25) is 0 Å². The van der Waals surface area contributed by atoms with Crippen LogP contribution in [0.1, 0.15) is 21.9 Å². The van der Waals surface area contributed by atoms with Crippen molar-refractivity contribution < 1.29 is 18.3 Å². The van der Waals surface area contributed by atoms with Gasteiger partial charge in [0.2, 0.25) is 5.89 Å². The van der Waals surface area contributed by atoms with Crippen molar-refractivity contribution in [2.45, 2.75) is 13.5 Å². The molecule has 0 aliphatic heterocycles. The number of halogens is 1. The lowest BCUT2D eigenvalue weighted by molar-refractivity contribution is 0.102. The maximum Gasteiger partial charge on any atom is 0.280 e. The van der Waals surface area contributed by atoms with Gasteiger partial charge in [-0.2, -0.15) is 0 Å². The van der Waals surface area contributed by atoms with Crippen LogP contribution in [0.15, 0.2) is 52.9 Å². The Balaban J connectivity index is 1.55. The van der Waals surface area contributed by atoms with Gasteiger partial charge in [-0.05, 0) is 37.3 Å². The Kier molecular flexibility index (Phi) is 5.35. The number of nitrogens with zero attached hydrogens (tertiary/aromatic N) is 4. The maximum absolute atomic E-state index is 13.3. The van der Waals surface area contributed by atoms with E-state index in [2.05, 4.69) is 20.6 Å². The van der Waals surface area contributed by atoms with Crippen molar-refractivity contribution in [3.63, 3.8) is 0 Å². The summed E-state index contributed by atoms with van der Waals surface area (Å²) in [6, 6.07) is 12.9. The van der Waals surface area contributed by atoms with E-state index in [1.54, 1.807) is 20.1 Å². The van der Waals surface area contributed by atoms with Crippen molar-refractivity contribution in [3.05, 3.63) is 71.5 Å². The summed E-state index contributed by atoms with van der Waals surface area (Å²) in [4.78, 5) is 17.0. The highest BCUT2D eigenvalue weighted by Gasteiger charge is 2.21. The number of hydrogen-bond acceptors (Lipinski definition) is 7. The molecular weight excluding hydrogens is 403 g/mol. The standard InChI is InChI=1S/C21H19FN6O3/c1-12-16(25-21(31-12)15-8-3-4-9-17(15)30-2)11-28-19(23)18(26-27-28)20(29)24-14-7-5-6-13(22)10-14/h3-10H,11,23H2,1-2H3,(H,24,29). The van der Waals surface area contributed by atoms with E-state index in [-0.39, 0.29) is 23.7 Å². The first-order valence-corrected chi connectivity index (χ1v) is 9.32. The highest BCUT2D eigenvalue weighted by atomic mass is 19.1. The average molecular weight is 422 g/mol. The molecule has 2 heterocycles. The molecule has 0 atom stereocenters. The number of aromatic nitrogens is 4. The van der Waals surface area contributed by atoms with Crippen molar-refractivity contribution in [1.82, 2.24) is 20.0 Å². The number of aryl methyl sites for hydroxylation is 1. The lowest BCUT2D eigenvalue weighted by Gasteiger charge is -2.04. The third kappa shape index (κ3) is 4.08. The topological polar surface area (TPSA) is 121 Å². The molecule has 9 nitrogen and oxygen atoms in total. The van der Waals surface area contributed by atoms with Crippen molar-refractivity contribution in [2.75, 3.05) is 18.2 Å². The second-order valence-electron chi connectivity index (χ2n) is 6.67. The number of benzene rings is 2. The number of ether oxygens (including phenoxy) is 1. The minimum atomic E-state index is -0.596. The van der Waals surface area contributed by atoms with E-state index in [4.69, 9.17) is 14.9 Å². The van der Waals surface area contributed by atoms with Crippen molar-refractivity contribution in [3.8, 4) is 17.2 Å². The van der Waals surface area contributed by atoms with Gasteiger partial charge in [-0.1, -0.05) is 23.4 Å². The molecule has 4 aromatic rings. The number of oxazole rings is 1. The fraction of sp³-hybridized carbons (Fsp3) is 0.143. The molecule has 4 rings (SSSR count). The van der Waals surface area contributed by atoms with E-state index >= 15 is 0 Å². The number of anilines is 2. The molecule has 0 saturated heterocycles. The Morgan fingerprint density at radius 3 is 2.84 bits per heavy atom. The van der Waals surface area contributed by atoms with E-state index in [1.807, 2.05) is 24.3 Å². The first-order chi connectivity index (χ1) is 15.0. The molecule has 0 fully saturated rings. The molecule has 31 heavy (non-hydrogen) atoms. The first kappa shape index (κ1) is 20.1. The SMILES string of the molecule is COc1ccccc1-c1nc(Cn2nnc(C(=O)Nc3cccc(F)c3)c2N)c(C)o1. The summed E-state index contributed by atoms with van der Waals surface area (Å²) in [5, 5.41) is 10.3. The Hall–Kier alpha value is -4.21. The van der Waals surface area contributed by atoms with Gasteiger partial charge in [0.05, 0.1) is 19.2 Å². The van der Waals surface area contributed by atoms with Crippen LogP contribution in [0.4, 0.5) is 15.9 Å². The van der Waals surface area contributed by atoms with Gasteiger partial charge in [0.25, 0.3) is 5.91 Å². The molecule has 1 amide bonds. The molecule has 2 aromatic heterocycles. The van der Waals surface area contributed by atoms with E-state index in [9.17, 15) is 9.18 Å². The Bertz CT molecular complexity index is 1250. The normalized spacial score (nSPS) is 10.8. The number of para-hydroxylation sites is 1. The summed E-state index contributed by atoms with van der Waals surface area (Å²) in [5.74, 6) is 0.582. The molecule has 0 radical (unpaired) electrons. The summed E-state index contributed by atoms with van der Waals surface area (Å²) in [6.07, 6.45) is 0. The van der Waals surface area contributed by atoms with Gasteiger partial charge in [-0.15, -0.1) is 5.10 Å². The van der Waals surface area contributed by atoms with Crippen LogP contribution in [-0.4, -0.2) is 33.0 Å². The van der Waals surface area contributed by atoms with E-state index in [0.29, 0.717) is 28.7 Å². The number of hydrogen-bond donors (Lipinski definition) is 2. The van der Waals surface area contributed by atoms with E-state index in [0.717, 1.165) is 0 Å². The molecule has 158 valence electrons. The van der Waals surface area contributed by atoms with Crippen LogP contribution < -0.4 is 15.8 Å². The minimum absolute atomic E-state index is 0.0511. The summed E-state index contributed by atoms with van der Waals surface area (Å²) >= 11 is 0. The third-order valence-electron chi connectivity index (χ3n) is 4.60. The molecule has 10 heteroatoms.